The second kappa shape index (κ2) is 7.03. The van der Waals surface area contributed by atoms with Gasteiger partial charge >= 0.3 is 0 Å². The van der Waals surface area contributed by atoms with Crippen molar-refractivity contribution in [1.29, 1.82) is 0 Å². The molecule has 0 radical (unpaired) electrons. The molecule has 0 atom stereocenters. The molecule has 3 aromatic carbocycles. The summed E-state index contributed by atoms with van der Waals surface area (Å²) < 4.78 is 32.4. The van der Waals surface area contributed by atoms with E-state index < -0.39 is 6.85 Å². The molecule has 3 heteroatoms. The molecule has 0 unspecified atom stereocenters. The smallest absolute Gasteiger partial charge is 0.227 e. The molecule has 0 saturated heterocycles. The number of furan rings is 1. The van der Waals surface area contributed by atoms with Crippen molar-refractivity contribution in [3.8, 4) is 22.4 Å². The van der Waals surface area contributed by atoms with Crippen molar-refractivity contribution in [2.75, 3.05) is 0 Å². The molecule has 3 nitrogen and oxygen atoms in total. The van der Waals surface area contributed by atoms with Crippen molar-refractivity contribution in [1.82, 2.24) is 4.98 Å². The SMILES string of the molecule is [2H]C([2H])([2H])c1c[n+](C)c(-c2cc3oc4nc5ccccc5cc4c3cc2C)cc1-c1ccccc1. The second-order valence-electron chi connectivity index (χ2n) is 8.26. The van der Waals surface area contributed by atoms with Gasteiger partial charge in [0.05, 0.1) is 11.1 Å². The fraction of sp³-hybridized carbons (Fsp3) is 0.103. The topological polar surface area (TPSA) is 29.9 Å². The molecule has 0 aliphatic heterocycles. The number of nitrogens with zero attached hydrogens (tertiary/aromatic N) is 2. The quantitative estimate of drug-likeness (QED) is 0.286. The predicted octanol–water partition coefficient (Wildman–Crippen LogP) is 6.91. The molecule has 0 aliphatic rings. The van der Waals surface area contributed by atoms with Crippen molar-refractivity contribution >= 4 is 33.0 Å². The normalized spacial score (nSPS) is 13.4. The number of aromatic nitrogens is 2. The molecule has 32 heavy (non-hydrogen) atoms. The minimum atomic E-state index is -2.23. The third kappa shape index (κ3) is 2.89. The lowest BCUT2D eigenvalue weighted by Gasteiger charge is -2.10. The second-order valence-corrected chi connectivity index (χ2v) is 8.26. The predicted molar refractivity (Wildman–Crippen MR) is 131 cm³/mol. The van der Waals surface area contributed by atoms with Crippen LogP contribution in [0.3, 0.4) is 0 Å². The molecule has 0 fully saturated rings. The van der Waals surface area contributed by atoms with E-state index in [1.165, 1.54) is 0 Å². The van der Waals surface area contributed by atoms with Crippen LogP contribution in [0.5, 0.6) is 0 Å². The summed E-state index contributed by atoms with van der Waals surface area (Å²) in [6, 6.07) is 26.0. The van der Waals surface area contributed by atoms with Crippen molar-refractivity contribution in [3.63, 3.8) is 0 Å². The number of para-hydroxylation sites is 1. The number of pyridine rings is 2. The zero-order chi connectivity index (χ0) is 24.3. The molecule has 0 aliphatic carbocycles. The van der Waals surface area contributed by atoms with E-state index in [-0.39, 0.29) is 0 Å². The highest BCUT2D eigenvalue weighted by molar-refractivity contribution is 6.08. The van der Waals surface area contributed by atoms with Gasteiger partial charge in [0.25, 0.3) is 0 Å². The summed E-state index contributed by atoms with van der Waals surface area (Å²) >= 11 is 0. The van der Waals surface area contributed by atoms with Crippen LogP contribution < -0.4 is 4.57 Å². The van der Waals surface area contributed by atoms with Gasteiger partial charge in [-0.15, -0.1) is 0 Å². The van der Waals surface area contributed by atoms with Crippen LogP contribution in [-0.2, 0) is 7.05 Å². The molecular weight excluding hydrogens is 392 g/mol. The van der Waals surface area contributed by atoms with Crippen molar-refractivity contribution in [3.05, 3.63) is 96.2 Å². The number of aryl methyl sites for hydroxylation is 3. The molecule has 0 saturated carbocycles. The Balaban J connectivity index is 1.60. The molecule has 6 aromatic rings. The molecule has 3 heterocycles. The number of benzene rings is 3. The Bertz CT molecular complexity index is 1750. The molecule has 0 amide bonds. The monoisotopic (exact) mass is 418 g/mol. The number of fused-ring (bicyclic) bond motifs is 4. The van der Waals surface area contributed by atoms with E-state index in [2.05, 4.69) is 25.1 Å². The molecule has 3 aromatic heterocycles. The third-order valence-electron chi connectivity index (χ3n) is 6.15. The maximum absolute atomic E-state index is 8.11. The Morgan fingerprint density at radius 3 is 2.50 bits per heavy atom. The van der Waals surface area contributed by atoms with E-state index in [1.54, 1.807) is 6.20 Å². The Morgan fingerprint density at radius 1 is 0.844 bits per heavy atom. The van der Waals surface area contributed by atoms with Crippen LogP contribution >= 0.6 is 0 Å². The van der Waals surface area contributed by atoms with E-state index >= 15 is 0 Å². The summed E-state index contributed by atoms with van der Waals surface area (Å²) in [5.41, 5.74) is 7.14. The Hall–Kier alpha value is -3.98. The largest absolute Gasteiger partial charge is 0.438 e. The van der Waals surface area contributed by atoms with E-state index in [1.807, 2.05) is 72.3 Å². The highest BCUT2D eigenvalue weighted by Crippen LogP contribution is 2.35. The Labute approximate surface area is 190 Å². The molecule has 154 valence electrons. The first-order chi connectivity index (χ1) is 16.8. The van der Waals surface area contributed by atoms with Crippen molar-refractivity contribution < 1.29 is 13.1 Å². The van der Waals surface area contributed by atoms with Gasteiger partial charge in [0.2, 0.25) is 11.4 Å². The number of hydrogen-bond acceptors (Lipinski definition) is 2. The van der Waals surface area contributed by atoms with Gasteiger partial charge in [-0.25, -0.2) is 9.55 Å². The van der Waals surface area contributed by atoms with Crippen molar-refractivity contribution in [2.24, 2.45) is 7.05 Å². The van der Waals surface area contributed by atoms with Gasteiger partial charge in [0.15, 0.2) is 6.20 Å². The molecule has 0 N–H and O–H groups in total. The molecule has 0 bridgehead atoms. The summed E-state index contributed by atoms with van der Waals surface area (Å²) in [5.74, 6) is 0. The minimum absolute atomic E-state index is 0.327. The van der Waals surface area contributed by atoms with E-state index in [4.69, 9.17) is 13.5 Å². The maximum atomic E-state index is 8.11. The molecule has 6 rings (SSSR count). The first kappa shape index (κ1) is 15.8. The summed E-state index contributed by atoms with van der Waals surface area (Å²) in [6.07, 6.45) is 1.72. The lowest BCUT2D eigenvalue weighted by Crippen LogP contribution is -2.31. The van der Waals surface area contributed by atoms with E-state index in [0.29, 0.717) is 16.8 Å². The first-order valence-corrected chi connectivity index (χ1v) is 10.6. The minimum Gasteiger partial charge on any atom is -0.438 e. The maximum Gasteiger partial charge on any atom is 0.227 e. The fourth-order valence-corrected chi connectivity index (χ4v) is 4.51. The Kier molecular flexibility index (Phi) is 3.46. The first-order valence-electron chi connectivity index (χ1n) is 12.1. The van der Waals surface area contributed by atoms with Crippen LogP contribution in [0.4, 0.5) is 0 Å². The van der Waals surface area contributed by atoms with Crippen LogP contribution in [0, 0.1) is 13.8 Å². The summed E-state index contributed by atoms with van der Waals surface area (Å²) in [4.78, 5) is 4.72. The van der Waals surface area contributed by atoms with Gasteiger partial charge in [-0.1, -0.05) is 48.5 Å². The van der Waals surface area contributed by atoms with Crippen LogP contribution in [0.2, 0.25) is 0 Å². The van der Waals surface area contributed by atoms with Gasteiger partial charge in [-0.3, -0.25) is 0 Å². The summed E-state index contributed by atoms with van der Waals surface area (Å²) in [7, 11) is 1.88. The van der Waals surface area contributed by atoms with Crippen molar-refractivity contribution in [2.45, 2.75) is 13.8 Å². The van der Waals surface area contributed by atoms with Crippen LogP contribution in [0.15, 0.2) is 89.5 Å². The van der Waals surface area contributed by atoms with Crippen LogP contribution in [-0.4, -0.2) is 4.98 Å². The highest BCUT2D eigenvalue weighted by Gasteiger charge is 2.19. The van der Waals surface area contributed by atoms with Gasteiger partial charge in [-0.05, 0) is 54.7 Å². The summed E-state index contributed by atoms with van der Waals surface area (Å²) in [6.45, 7) is -0.158. The van der Waals surface area contributed by atoms with Gasteiger partial charge < -0.3 is 4.42 Å². The van der Waals surface area contributed by atoms with E-state index in [0.717, 1.165) is 49.6 Å². The molecular formula is C29H23N2O+. The van der Waals surface area contributed by atoms with Crippen LogP contribution in [0.1, 0.15) is 15.2 Å². The van der Waals surface area contributed by atoms with Gasteiger partial charge in [0.1, 0.15) is 12.6 Å². The summed E-state index contributed by atoms with van der Waals surface area (Å²) in [5, 5.41) is 3.08. The fourth-order valence-electron chi connectivity index (χ4n) is 4.51. The average molecular weight is 419 g/mol. The number of hydrogen-bond donors (Lipinski definition) is 0. The number of rotatable bonds is 2. The average Bonchev–Trinajstić information content (AvgIpc) is 3.18. The Morgan fingerprint density at radius 2 is 1.66 bits per heavy atom. The standard InChI is InChI=1S/C29H23N2O/c1-18-13-24-25-14-21-11-7-8-12-26(21)30-29(25)32-28(24)16-23(18)27-15-22(19(2)17-31(27)3)20-9-5-4-6-10-20/h4-17H,1-3H3/q+1/i2D3. The zero-order valence-electron chi connectivity index (χ0n) is 20.9. The molecule has 0 spiro atoms. The van der Waals surface area contributed by atoms with Crippen LogP contribution in [0.25, 0.3) is 55.4 Å². The highest BCUT2D eigenvalue weighted by atomic mass is 16.3. The zero-order valence-corrected chi connectivity index (χ0v) is 17.9. The lowest BCUT2D eigenvalue weighted by molar-refractivity contribution is -0.660. The lowest BCUT2D eigenvalue weighted by atomic mass is 9.96. The van der Waals surface area contributed by atoms with Gasteiger partial charge in [0, 0.05) is 31.9 Å². The third-order valence-corrected chi connectivity index (χ3v) is 6.15. The van der Waals surface area contributed by atoms with Gasteiger partial charge in [-0.2, -0.15) is 0 Å². The van der Waals surface area contributed by atoms with E-state index in [9.17, 15) is 0 Å².